The van der Waals surface area contributed by atoms with Crippen LogP contribution >= 0.6 is 11.8 Å². The molecule has 0 heterocycles. The Morgan fingerprint density at radius 2 is 1.32 bits per heavy atom. The van der Waals surface area contributed by atoms with Crippen molar-refractivity contribution in [1.82, 2.24) is 10.6 Å². The third-order valence-corrected chi connectivity index (χ3v) is 4.42. The average Bonchev–Trinajstić information content (AvgIpc) is 2.81. The number of benzene rings is 2. The number of ether oxygens (including phenoxy) is 3. The van der Waals surface area contributed by atoms with E-state index in [4.69, 9.17) is 14.2 Å². The lowest BCUT2D eigenvalue weighted by Crippen LogP contribution is -2.36. The summed E-state index contributed by atoms with van der Waals surface area (Å²) in [5.41, 5.74) is 1.31. The van der Waals surface area contributed by atoms with E-state index < -0.39 is 17.7 Å². The predicted molar refractivity (Wildman–Crippen MR) is 133 cm³/mol. The van der Waals surface area contributed by atoms with Crippen LogP contribution in [0.1, 0.15) is 31.9 Å². The molecule has 34 heavy (non-hydrogen) atoms. The molecule has 0 aliphatic carbocycles. The van der Waals surface area contributed by atoms with Crippen LogP contribution < -0.4 is 10.6 Å². The van der Waals surface area contributed by atoms with Crippen LogP contribution in [-0.2, 0) is 32.2 Å². The third kappa shape index (κ3) is 15.6. The molecule has 0 radical (unpaired) electrons. The van der Waals surface area contributed by atoms with Gasteiger partial charge in [0.15, 0.2) is 0 Å². The SMILES string of the molecule is CC(C)(C)OC(=O)NCC(=O)OCc1ccccc1.CSCCNC(=O)OCc1ccccc1. The van der Waals surface area contributed by atoms with Crippen molar-refractivity contribution in [2.75, 3.05) is 25.1 Å². The molecule has 0 aromatic heterocycles. The lowest BCUT2D eigenvalue weighted by Gasteiger charge is -2.19. The van der Waals surface area contributed by atoms with E-state index in [9.17, 15) is 14.4 Å². The number of hydrogen-bond donors (Lipinski definition) is 2. The van der Waals surface area contributed by atoms with Gasteiger partial charge in [0.2, 0.25) is 0 Å². The summed E-state index contributed by atoms with van der Waals surface area (Å²) in [6.07, 6.45) is 1.01. The first-order chi connectivity index (χ1) is 16.2. The van der Waals surface area contributed by atoms with Crippen molar-refractivity contribution in [3.05, 3.63) is 71.8 Å². The fraction of sp³-hybridized carbons (Fsp3) is 0.400. The molecule has 186 valence electrons. The summed E-state index contributed by atoms with van der Waals surface area (Å²) >= 11 is 1.69. The molecular weight excluding hydrogens is 456 g/mol. The van der Waals surface area contributed by atoms with Crippen molar-refractivity contribution in [2.45, 2.75) is 39.6 Å². The molecule has 2 amide bonds. The van der Waals surface area contributed by atoms with E-state index in [0.29, 0.717) is 13.2 Å². The molecule has 0 fully saturated rings. The smallest absolute Gasteiger partial charge is 0.408 e. The molecule has 2 aromatic rings. The molecule has 0 bridgehead atoms. The molecule has 0 saturated heterocycles. The van der Waals surface area contributed by atoms with Gasteiger partial charge in [-0.1, -0.05) is 60.7 Å². The number of hydrogen-bond acceptors (Lipinski definition) is 7. The van der Waals surface area contributed by atoms with Crippen molar-refractivity contribution in [3.8, 4) is 0 Å². The quantitative estimate of drug-likeness (QED) is 0.302. The van der Waals surface area contributed by atoms with Gasteiger partial charge in [0.25, 0.3) is 0 Å². The Bertz CT molecular complexity index is 857. The molecule has 2 rings (SSSR count). The van der Waals surface area contributed by atoms with E-state index in [2.05, 4.69) is 10.6 Å². The summed E-state index contributed by atoms with van der Waals surface area (Å²) in [7, 11) is 0. The first kappa shape index (κ1) is 28.8. The molecule has 2 N–H and O–H groups in total. The van der Waals surface area contributed by atoms with E-state index in [0.717, 1.165) is 16.9 Å². The number of rotatable bonds is 9. The molecule has 0 aliphatic heterocycles. The van der Waals surface area contributed by atoms with Crippen LogP contribution in [0.2, 0.25) is 0 Å². The largest absolute Gasteiger partial charge is 0.460 e. The van der Waals surface area contributed by atoms with Gasteiger partial charge >= 0.3 is 18.2 Å². The number of nitrogens with one attached hydrogen (secondary N) is 2. The zero-order valence-corrected chi connectivity index (χ0v) is 21.0. The third-order valence-electron chi connectivity index (χ3n) is 3.81. The number of alkyl carbamates (subject to hydrolysis) is 2. The minimum atomic E-state index is -0.635. The highest BCUT2D eigenvalue weighted by Gasteiger charge is 2.16. The van der Waals surface area contributed by atoms with Gasteiger partial charge in [-0.15, -0.1) is 0 Å². The maximum Gasteiger partial charge on any atom is 0.408 e. The topological polar surface area (TPSA) is 103 Å². The van der Waals surface area contributed by atoms with Gasteiger partial charge < -0.3 is 24.8 Å². The molecular formula is C25H34N2O6S. The highest BCUT2D eigenvalue weighted by Crippen LogP contribution is 2.06. The van der Waals surface area contributed by atoms with Gasteiger partial charge in [-0.3, -0.25) is 4.79 Å². The Labute approximate surface area is 205 Å². The first-order valence-corrected chi connectivity index (χ1v) is 12.2. The van der Waals surface area contributed by atoms with Crippen molar-refractivity contribution >= 4 is 29.9 Å². The second-order valence-electron chi connectivity index (χ2n) is 7.98. The second-order valence-corrected chi connectivity index (χ2v) is 8.97. The molecule has 0 spiro atoms. The van der Waals surface area contributed by atoms with E-state index in [1.54, 1.807) is 32.5 Å². The molecule has 2 aromatic carbocycles. The maximum atomic E-state index is 11.4. The number of carbonyl (C=O) groups excluding carboxylic acids is 3. The average molecular weight is 491 g/mol. The van der Waals surface area contributed by atoms with Crippen LogP contribution in [0.3, 0.4) is 0 Å². The van der Waals surface area contributed by atoms with E-state index >= 15 is 0 Å². The standard InChI is InChI=1S/C14H19NO4.C11H15NO2S/c1-14(2,3)19-13(17)15-9-12(16)18-10-11-7-5-4-6-8-11;1-15-8-7-12-11(13)14-9-10-5-3-2-4-6-10/h4-8H,9-10H2,1-3H3,(H,15,17);2-6H,7-9H2,1H3,(H,12,13). The van der Waals surface area contributed by atoms with Crippen LogP contribution in [0.4, 0.5) is 9.59 Å². The Hall–Kier alpha value is -3.20. The Morgan fingerprint density at radius 3 is 1.82 bits per heavy atom. The van der Waals surface area contributed by atoms with Gasteiger partial charge in [-0.05, 0) is 38.2 Å². The normalized spacial score (nSPS) is 10.2. The molecule has 0 unspecified atom stereocenters. The summed E-state index contributed by atoms with van der Waals surface area (Å²) < 4.78 is 15.0. The molecule has 0 aliphatic rings. The van der Waals surface area contributed by atoms with Crippen molar-refractivity contribution in [1.29, 1.82) is 0 Å². The van der Waals surface area contributed by atoms with Crippen molar-refractivity contribution in [3.63, 3.8) is 0 Å². The van der Waals surface area contributed by atoms with E-state index in [1.165, 1.54) is 0 Å². The summed E-state index contributed by atoms with van der Waals surface area (Å²) in [4.78, 5) is 33.8. The summed E-state index contributed by atoms with van der Waals surface area (Å²) in [5.74, 6) is 0.398. The Morgan fingerprint density at radius 1 is 0.794 bits per heavy atom. The lowest BCUT2D eigenvalue weighted by molar-refractivity contribution is -0.143. The van der Waals surface area contributed by atoms with Crippen LogP contribution in [0, 0.1) is 0 Å². The van der Waals surface area contributed by atoms with Gasteiger partial charge in [0.1, 0.15) is 25.4 Å². The Balaban J connectivity index is 0.000000350. The fourth-order valence-corrected chi connectivity index (χ4v) is 2.58. The fourth-order valence-electron chi connectivity index (χ4n) is 2.28. The van der Waals surface area contributed by atoms with Gasteiger partial charge in [0.05, 0.1) is 0 Å². The van der Waals surface area contributed by atoms with Gasteiger partial charge in [0, 0.05) is 12.3 Å². The van der Waals surface area contributed by atoms with E-state index in [1.807, 2.05) is 66.9 Å². The highest BCUT2D eigenvalue weighted by atomic mass is 32.2. The van der Waals surface area contributed by atoms with Gasteiger partial charge in [-0.25, -0.2) is 9.59 Å². The highest BCUT2D eigenvalue weighted by molar-refractivity contribution is 7.98. The summed E-state index contributed by atoms with van der Waals surface area (Å²) in [6.45, 7) is 6.21. The van der Waals surface area contributed by atoms with E-state index in [-0.39, 0.29) is 19.2 Å². The number of esters is 1. The lowest BCUT2D eigenvalue weighted by atomic mass is 10.2. The van der Waals surface area contributed by atoms with Crippen LogP contribution in [0.5, 0.6) is 0 Å². The first-order valence-electron chi connectivity index (χ1n) is 10.8. The molecule has 0 atom stereocenters. The molecule has 0 saturated carbocycles. The van der Waals surface area contributed by atoms with Gasteiger partial charge in [-0.2, -0.15) is 11.8 Å². The zero-order chi connectivity index (χ0) is 25.2. The van der Waals surface area contributed by atoms with Crippen LogP contribution in [0.15, 0.2) is 60.7 Å². The Kier molecular flexibility index (Phi) is 13.9. The predicted octanol–water partition coefficient (Wildman–Crippen LogP) is 4.53. The summed E-state index contributed by atoms with van der Waals surface area (Å²) in [6, 6.07) is 18.9. The molecule has 9 heteroatoms. The van der Waals surface area contributed by atoms with Crippen LogP contribution in [0.25, 0.3) is 0 Å². The monoisotopic (exact) mass is 490 g/mol. The minimum absolute atomic E-state index is 0.190. The zero-order valence-electron chi connectivity index (χ0n) is 20.2. The second kappa shape index (κ2) is 16.4. The minimum Gasteiger partial charge on any atom is -0.460 e. The van der Waals surface area contributed by atoms with Crippen LogP contribution in [-0.4, -0.2) is 48.9 Å². The number of amides is 2. The maximum absolute atomic E-state index is 11.4. The molecule has 8 nitrogen and oxygen atoms in total. The van der Waals surface area contributed by atoms with Crippen molar-refractivity contribution < 1.29 is 28.6 Å². The number of thioether (sulfide) groups is 1. The summed E-state index contributed by atoms with van der Waals surface area (Å²) in [5, 5.41) is 5.01. The van der Waals surface area contributed by atoms with Crippen molar-refractivity contribution in [2.24, 2.45) is 0 Å². The number of carbonyl (C=O) groups is 3.